The van der Waals surface area contributed by atoms with Gasteiger partial charge in [0.1, 0.15) is 0 Å². The zero-order chi connectivity index (χ0) is 12.4. The van der Waals surface area contributed by atoms with E-state index in [4.69, 9.17) is 0 Å². The minimum atomic E-state index is 0.391. The maximum Gasteiger partial charge on any atom is 0.0638 e. The van der Waals surface area contributed by atoms with Crippen molar-refractivity contribution in [3.63, 3.8) is 0 Å². The molecule has 0 spiro atoms. The first-order valence-corrected chi connectivity index (χ1v) is 6.69. The molecule has 0 fully saturated rings. The predicted molar refractivity (Wildman–Crippen MR) is 72.4 cm³/mol. The lowest BCUT2D eigenvalue weighted by molar-refractivity contribution is 0.580. The quantitative estimate of drug-likeness (QED) is 0.873. The van der Waals surface area contributed by atoms with Crippen molar-refractivity contribution in [2.45, 2.75) is 40.3 Å². The Labute approximate surface area is 106 Å². The second-order valence-corrected chi connectivity index (χ2v) is 5.78. The van der Waals surface area contributed by atoms with E-state index in [0.717, 1.165) is 17.9 Å². The normalized spacial score (nSPS) is 12.9. The fraction of sp³-hybridized carbons (Fsp3) is 0.462. The average Bonchev–Trinajstić information content (AvgIpc) is 2.84. The molecule has 1 atom stereocenters. The van der Waals surface area contributed by atoms with Crippen molar-refractivity contribution in [3.05, 3.63) is 38.8 Å². The van der Waals surface area contributed by atoms with Crippen LogP contribution in [-0.4, -0.2) is 10.2 Å². The highest BCUT2D eigenvalue weighted by Gasteiger charge is 2.10. The highest BCUT2D eigenvalue weighted by Crippen LogP contribution is 2.22. The third-order valence-corrected chi connectivity index (χ3v) is 4.24. The Morgan fingerprint density at radius 3 is 2.65 bits per heavy atom. The van der Waals surface area contributed by atoms with Crippen LogP contribution in [0.3, 0.4) is 0 Å². The summed E-state index contributed by atoms with van der Waals surface area (Å²) in [7, 11) is 0. The lowest BCUT2D eigenvalue weighted by atomic mass is 10.2. The SMILES string of the molecule is Cc1ccc(C(C)NCc2c(C)n[nH]c2C)s1. The van der Waals surface area contributed by atoms with Gasteiger partial charge in [-0.3, -0.25) is 5.10 Å². The maximum absolute atomic E-state index is 4.21. The fourth-order valence-corrected chi connectivity index (χ4v) is 2.78. The van der Waals surface area contributed by atoms with Gasteiger partial charge >= 0.3 is 0 Å². The van der Waals surface area contributed by atoms with E-state index in [-0.39, 0.29) is 0 Å². The Balaban J connectivity index is 1.99. The number of aromatic nitrogens is 2. The summed E-state index contributed by atoms with van der Waals surface area (Å²) in [4.78, 5) is 2.76. The van der Waals surface area contributed by atoms with E-state index < -0.39 is 0 Å². The third kappa shape index (κ3) is 2.76. The Bertz CT molecular complexity index is 479. The lowest BCUT2D eigenvalue weighted by Gasteiger charge is -2.12. The minimum Gasteiger partial charge on any atom is -0.305 e. The van der Waals surface area contributed by atoms with Gasteiger partial charge in [-0.25, -0.2) is 0 Å². The van der Waals surface area contributed by atoms with Gasteiger partial charge in [0.25, 0.3) is 0 Å². The second-order valence-electron chi connectivity index (χ2n) is 4.46. The highest BCUT2D eigenvalue weighted by molar-refractivity contribution is 7.12. The van der Waals surface area contributed by atoms with Crippen molar-refractivity contribution >= 4 is 11.3 Å². The molecule has 0 saturated heterocycles. The van der Waals surface area contributed by atoms with Gasteiger partial charge in [-0.15, -0.1) is 11.3 Å². The smallest absolute Gasteiger partial charge is 0.0638 e. The maximum atomic E-state index is 4.21. The van der Waals surface area contributed by atoms with Gasteiger partial charge in [0.15, 0.2) is 0 Å². The van der Waals surface area contributed by atoms with Crippen LogP contribution in [0.4, 0.5) is 0 Å². The van der Waals surface area contributed by atoms with Crippen molar-refractivity contribution < 1.29 is 0 Å². The molecule has 0 aromatic carbocycles. The molecule has 4 heteroatoms. The number of rotatable bonds is 4. The molecule has 0 saturated carbocycles. The van der Waals surface area contributed by atoms with E-state index in [9.17, 15) is 0 Å². The van der Waals surface area contributed by atoms with Crippen LogP contribution < -0.4 is 5.32 Å². The molecule has 0 aliphatic carbocycles. The van der Waals surface area contributed by atoms with Crippen molar-refractivity contribution in [3.8, 4) is 0 Å². The zero-order valence-electron chi connectivity index (χ0n) is 10.8. The number of nitrogens with zero attached hydrogens (tertiary/aromatic N) is 1. The Morgan fingerprint density at radius 1 is 1.35 bits per heavy atom. The number of aryl methyl sites for hydroxylation is 3. The summed E-state index contributed by atoms with van der Waals surface area (Å²) in [5, 5.41) is 10.8. The van der Waals surface area contributed by atoms with Gasteiger partial charge in [-0.2, -0.15) is 5.10 Å². The largest absolute Gasteiger partial charge is 0.305 e. The molecule has 2 heterocycles. The number of nitrogens with one attached hydrogen (secondary N) is 2. The van der Waals surface area contributed by atoms with Gasteiger partial charge in [0.2, 0.25) is 0 Å². The first-order valence-electron chi connectivity index (χ1n) is 5.88. The van der Waals surface area contributed by atoms with Gasteiger partial charge < -0.3 is 5.32 Å². The van der Waals surface area contributed by atoms with Gasteiger partial charge in [-0.1, -0.05) is 0 Å². The van der Waals surface area contributed by atoms with Crippen LogP contribution in [0.2, 0.25) is 0 Å². The molecule has 2 aromatic heterocycles. The van der Waals surface area contributed by atoms with Crippen LogP contribution in [0.5, 0.6) is 0 Å². The van der Waals surface area contributed by atoms with Crippen molar-refractivity contribution in [1.29, 1.82) is 0 Å². The van der Waals surface area contributed by atoms with Crippen molar-refractivity contribution in [1.82, 2.24) is 15.5 Å². The van der Waals surface area contributed by atoms with Crippen LogP contribution >= 0.6 is 11.3 Å². The minimum absolute atomic E-state index is 0.391. The summed E-state index contributed by atoms with van der Waals surface area (Å²) in [6.07, 6.45) is 0. The first kappa shape index (κ1) is 12.3. The van der Waals surface area contributed by atoms with Gasteiger partial charge in [0, 0.05) is 33.6 Å². The molecular formula is C13H19N3S. The summed E-state index contributed by atoms with van der Waals surface area (Å²) < 4.78 is 0. The number of aromatic amines is 1. The predicted octanol–water partition coefficient (Wildman–Crippen LogP) is 3.25. The topological polar surface area (TPSA) is 40.7 Å². The van der Waals surface area contributed by atoms with Crippen LogP contribution in [0, 0.1) is 20.8 Å². The molecule has 0 amide bonds. The van der Waals surface area contributed by atoms with Crippen LogP contribution in [0.1, 0.15) is 39.7 Å². The number of thiophene rings is 1. The average molecular weight is 249 g/mol. The molecule has 2 N–H and O–H groups in total. The van der Waals surface area contributed by atoms with E-state index in [1.54, 1.807) is 0 Å². The third-order valence-electron chi connectivity index (χ3n) is 3.05. The van der Waals surface area contributed by atoms with E-state index in [1.807, 2.05) is 18.3 Å². The summed E-state index contributed by atoms with van der Waals surface area (Å²) in [5.74, 6) is 0. The Kier molecular flexibility index (Phi) is 3.64. The molecule has 3 nitrogen and oxygen atoms in total. The van der Waals surface area contributed by atoms with Gasteiger partial charge in [0.05, 0.1) is 5.69 Å². The standard InChI is InChI=1S/C13H19N3S/c1-8-5-6-13(17-8)11(4)14-7-12-9(2)15-16-10(12)3/h5-6,11,14H,7H2,1-4H3,(H,15,16). The summed E-state index contributed by atoms with van der Waals surface area (Å²) >= 11 is 1.86. The molecule has 92 valence electrons. The first-order chi connectivity index (χ1) is 8.08. The molecular weight excluding hydrogens is 230 g/mol. The molecule has 2 rings (SSSR count). The summed E-state index contributed by atoms with van der Waals surface area (Å²) in [6.45, 7) is 9.32. The van der Waals surface area contributed by atoms with Crippen LogP contribution in [0.15, 0.2) is 12.1 Å². The monoisotopic (exact) mass is 249 g/mol. The van der Waals surface area contributed by atoms with Crippen molar-refractivity contribution in [2.24, 2.45) is 0 Å². The number of hydrogen-bond donors (Lipinski definition) is 2. The summed E-state index contributed by atoms with van der Waals surface area (Å²) in [5.41, 5.74) is 3.53. The van der Waals surface area contributed by atoms with Crippen molar-refractivity contribution in [2.75, 3.05) is 0 Å². The Hall–Kier alpha value is -1.13. The molecule has 0 radical (unpaired) electrons. The fourth-order valence-electron chi connectivity index (χ4n) is 1.88. The lowest BCUT2D eigenvalue weighted by Crippen LogP contribution is -2.17. The molecule has 2 aromatic rings. The zero-order valence-corrected chi connectivity index (χ0v) is 11.6. The van der Waals surface area contributed by atoms with E-state index in [1.165, 1.54) is 15.3 Å². The molecule has 0 aliphatic heterocycles. The molecule has 1 unspecified atom stereocenters. The Morgan fingerprint density at radius 2 is 2.12 bits per heavy atom. The van der Waals surface area contributed by atoms with E-state index in [0.29, 0.717) is 6.04 Å². The molecule has 0 aliphatic rings. The highest BCUT2D eigenvalue weighted by atomic mass is 32.1. The number of hydrogen-bond acceptors (Lipinski definition) is 3. The van der Waals surface area contributed by atoms with E-state index in [2.05, 4.69) is 48.4 Å². The molecule has 17 heavy (non-hydrogen) atoms. The van der Waals surface area contributed by atoms with Crippen LogP contribution in [-0.2, 0) is 6.54 Å². The van der Waals surface area contributed by atoms with Crippen LogP contribution in [0.25, 0.3) is 0 Å². The van der Waals surface area contributed by atoms with Gasteiger partial charge in [-0.05, 0) is 39.8 Å². The molecule has 0 bridgehead atoms. The van der Waals surface area contributed by atoms with E-state index >= 15 is 0 Å². The summed E-state index contributed by atoms with van der Waals surface area (Å²) in [6, 6.07) is 4.77. The second kappa shape index (κ2) is 5.02. The number of H-pyrrole nitrogens is 1.